The second kappa shape index (κ2) is 4.50. The van der Waals surface area contributed by atoms with Gasteiger partial charge in [0.2, 0.25) is 11.8 Å². The number of rotatable bonds is 2. The fraction of sp³-hybridized carbons (Fsp3) is 0.273. The highest BCUT2D eigenvalue weighted by molar-refractivity contribution is 5.99. The van der Waals surface area contributed by atoms with Crippen LogP contribution in [0.3, 0.4) is 0 Å². The van der Waals surface area contributed by atoms with Gasteiger partial charge in [-0.3, -0.25) is 19.8 Å². The number of carbonyl (C=O) groups excluding carboxylic acids is 2. The lowest BCUT2D eigenvalue weighted by Crippen LogP contribution is -2.50. The molecule has 0 spiro atoms. The second-order valence-corrected chi connectivity index (χ2v) is 3.96. The zero-order chi connectivity index (χ0) is 12.4. The number of hydrogen-bond donors (Lipinski definition) is 2. The summed E-state index contributed by atoms with van der Waals surface area (Å²) in [6, 6.07) is 4.05. The first-order valence-corrected chi connectivity index (χ1v) is 5.13. The monoisotopic (exact) mass is 237 g/mol. The van der Waals surface area contributed by atoms with Crippen molar-refractivity contribution in [3.63, 3.8) is 0 Å². The van der Waals surface area contributed by atoms with Crippen molar-refractivity contribution in [1.82, 2.24) is 10.2 Å². The van der Waals surface area contributed by atoms with Crippen LogP contribution in [0.2, 0.25) is 0 Å². The van der Waals surface area contributed by atoms with E-state index in [-0.39, 0.29) is 37.3 Å². The number of nitrogens with two attached hydrogens (primary N) is 1. The van der Waals surface area contributed by atoms with Gasteiger partial charge in [0.05, 0.1) is 13.1 Å². The van der Waals surface area contributed by atoms with E-state index in [0.29, 0.717) is 11.3 Å². The van der Waals surface area contributed by atoms with E-state index in [1.54, 1.807) is 4.90 Å². The quantitative estimate of drug-likeness (QED) is 0.555. The first kappa shape index (κ1) is 11.5. The SMILES string of the molecule is Nc1ccc(F)cc1CN1CC(=O)NC(=O)C1. The third kappa shape index (κ3) is 2.79. The van der Waals surface area contributed by atoms with Gasteiger partial charge in [0.15, 0.2) is 0 Å². The smallest absolute Gasteiger partial charge is 0.240 e. The Morgan fingerprint density at radius 1 is 1.29 bits per heavy atom. The van der Waals surface area contributed by atoms with E-state index in [1.165, 1.54) is 18.2 Å². The van der Waals surface area contributed by atoms with Crippen molar-refractivity contribution < 1.29 is 14.0 Å². The van der Waals surface area contributed by atoms with Gasteiger partial charge in [-0.1, -0.05) is 0 Å². The molecular formula is C11H12FN3O2. The summed E-state index contributed by atoms with van der Waals surface area (Å²) in [7, 11) is 0. The summed E-state index contributed by atoms with van der Waals surface area (Å²) in [5, 5.41) is 2.20. The molecule has 1 aromatic carbocycles. The lowest BCUT2D eigenvalue weighted by Gasteiger charge is -2.25. The number of anilines is 1. The largest absolute Gasteiger partial charge is 0.398 e. The molecule has 1 heterocycles. The Kier molecular flexibility index (Phi) is 3.06. The topological polar surface area (TPSA) is 75.4 Å². The molecule has 3 N–H and O–H groups in total. The van der Waals surface area contributed by atoms with Crippen molar-refractivity contribution in [2.24, 2.45) is 0 Å². The Bertz CT molecular complexity index is 460. The summed E-state index contributed by atoms with van der Waals surface area (Å²) in [4.78, 5) is 23.9. The minimum atomic E-state index is -0.387. The molecule has 6 heteroatoms. The molecule has 1 fully saturated rings. The average Bonchev–Trinajstić information content (AvgIpc) is 2.22. The van der Waals surface area contributed by atoms with E-state index in [4.69, 9.17) is 5.73 Å². The third-order valence-corrected chi connectivity index (χ3v) is 2.51. The molecule has 2 rings (SSSR count). The van der Waals surface area contributed by atoms with Crippen molar-refractivity contribution in [1.29, 1.82) is 0 Å². The molecule has 0 bridgehead atoms. The van der Waals surface area contributed by atoms with Gasteiger partial charge in [0.1, 0.15) is 5.82 Å². The number of amides is 2. The van der Waals surface area contributed by atoms with Gasteiger partial charge in [0, 0.05) is 12.2 Å². The van der Waals surface area contributed by atoms with E-state index in [1.807, 2.05) is 0 Å². The number of halogens is 1. The molecule has 5 nitrogen and oxygen atoms in total. The number of nitrogens with zero attached hydrogens (tertiary/aromatic N) is 1. The molecule has 0 unspecified atom stereocenters. The molecule has 0 aliphatic carbocycles. The van der Waals surface area contributed by atoms with E-state index in [0.717, 1.165) is 0 Å². The highest BCUT2D eigenvalue weighted by atomic mass is 19.1. The molecule has 0 radical (unpaired) electrons. The Morgan fingerprint density at radius 3 is 2.59 bits per heavy atom. The molecule has 1 aromatic rings. The normalized spacial score (nSPS) is 17.0. The van der Waals surface area contributed by atoms with E-state index < -0.39 is 0 Å². The minimum absolute atomic E-state index is 0.113. The second-order valence-electron chi connectivity index (χ2n) is 3.96. The van der Waals surface area contributed by atoms with Gasteiger partial charge in [-0.05, 0) is 23.8 Å². The van der Waals surface area contributed by atoms with Crippen molar-refractivity contribution in [2.45, 2.75) is 6.54 Å². The molecule has 1 aliphatic heterocycles. The summed E-state index contributed by atoms with van der Waals surface area (Å²) < 4.78 is 13.0. The summed E-state index contributed by atoms with van der Waals surface area (Å²) in [5.74, 6) is -1.09. The van der Waals surface area contributed by atoms with Crippen LogP contribution >= 0.6 is 0 Å². The number of nitrogen functional groups attached to an aromatic ring is 1. The predicted octanol–water partition coefficient (Wildman–Crippen LogP) is -0.134. The number of benzene rings is 1. The van der Waals surface area contributed by atoms with Crippen LogP contribution in [0.4, 0.5) is 10.1 Å². The molecule has 0 aromatic heterocycles. The van der Waals surface area contributed by atoms with Crippen LogP contribution < -0.4 is 11.1 Å². The first-order chi connectivity index (χ1) is 8.04. The van der Waals surface area contributed by atoms with E-state index in [2.05, 4.69) is 5.32 Å². The Balaban J connectivity index is 2.12. The predicted molar refractivity (Wildman–Crippen MR) is 59.2 cm³/mol. The first-order valence-electron chi connectivity index (χ1n) is 5.13. The van der Waals surface area contributed by atoms with Crippen LogP contribution in [0.1, 0.15) is 5.56 Å². The van der Waals surface area contributed by atoms with Crippen LogP contribution in [-0.2, 0) is 16.1 Å². The van der Waals surface area contributed by atoms with Crippen LogP contribution in [-0.4, -0.2) is 29.8 Å². The summed E-state index contributed by atoms with van der Waals surface area (Å²) in [6.45, 7) is 0.506. The number of carbonyl (C=O) groups is 2. The van der Waals surface area contributed by atoms with Crippen molar-refractivity contribution in [3.8, 4) is 0 Å². The van der Waals surface area contributed by atoms with Crippen LogP contribution in [0, 0.1) is 5.82 Å². The Morgan fingerprint density at radius 2 is 1.94 bits per heavy atom. The highest BCUT2D eigenvalue weighted by Crippen LogP contribution is 2.16. The summed E-state index contributed by atoms with van der Waals surface area (Å²) in [6.07, 6.45) is 0. The zero-order valence-corrected chi connectivity index (χ0v) is 9.07. The van der Waals surface area contributed by atoms with Gasteiger partial charge in [-0.2, -0.15) is 0 Å². The molecule has 1 saturated heterocycles. The van der Waals surface area contributed by atoms with Crippen LogP contribution in [0.15, 0.2) is 18.2 Å². The van der Waals surface area contributed by atoms with E-state index in [9.17, 15) is 14.0 Å². The number of piperazine rings is 1. The standard InChI is InChI=1S/C11H12FN3O2/c12-8-1-2-9(13)7(3-8)4-15-5-10(16)14-11(17)6-15/h1-3H,4-6,13H2,(H,14,16,17). The van der Waals surface area contributed by atoms with E-state index >= 15 is 0 Å². The molecule has 90 valence electrons. The van der Waals surface area contributed by atoms with Crippen molar-refractivity contribution >= 4 is 17.5 Å². The van der Waals surface area contributed by atoms with Gasteiger partial charge < -0.3 is 5.73 Å². The van der Waals surface area contributed by atoms with Gasteiger partial charge in [-0.25, -0.2) is 4.39 Å². The minimum Gasteiger partial charge on any atom is -0.398 e. The maximum absolute atomic E-state index is 13.0. The summed E-state index contributed by atoms with van der Waals surface area (Å²) >= 11 is 0. The lowest BCUT2D eigenvalue weighted by molar-refractivity contribution is -0.136. The number of hydrogen-bond acceptors (Lipinski definition) is 4. The number of nitrogens with one attached hydrogen (secondary N) is 1. The molecule has 0 atom stereocenters. The molecule has 17 heavy (non-hydrogen) atoms. The van der Waals surface area contributed by atoms with Crippen LogP contribution in [0.5, 0.6) is 0 Å². The fourth-order valence-electron chi connectivity index (χ4n) is 1.76. The molecular weight excluding hydrogens is 225 g/mol. The lowest BCUT2D eigenvalue weighted by atomic mass is 10.1. The number of imide groups is 1. The Labute approximate surface area is 97.4 Å². The Hall–Kier alpha value is -1.95. The maximum atomic E-state index is 13.0. The van der Waals surface area contributed by atoms with Crippen molar-refractivity contribution in [2.75, 3.05) is 18.8 Å². The van der Waals surface area contributed by atoms with Gasteiger partial charge >= 0.3 is 0 Å². The van der Waals surface area contributed by atoms with Gasteiger partial charge in [0.25, 0.3) is 0 Å². The molecule has 0 saturated carbocycles. The molecule has 1 aliphatic rings. The molecule has 2 amide bonds. The zero-order valence-electron chi connectivity index (χ0n) is 9.07. The maximum Gasteiger partial charge on any atom is 0.240 e. The van der Waals surface area contributed by atoms with Gasteiger partial charge in [-0.15, -0.1) is 0 Å². The van der Waals surface area contributed by atoms with Crippen LogP contribution in [0.25, 0.3) is 0 Å². The highest BCUT2D eigenvalue weighted by Gasteiger charge is 2.22. The average molecular weight is 237 g/mol. The van der Waals surface area contributed by atoms with Crippen molar-refractivity contribution in [3.05, 3.63) is 29.6 Å². The fourth-order valence-corrected chi connectivity index (χ4v) is 1.76. The third-order valence-electron chi connectivity index (χ3n) is 2.51. The summed E-state index contributed by atoms with van der Waals surface area (Å²) in [5.41, 5.74) is 6.72.